The van der Waals surface area contributed by atoms with Crippen LogP contribution in [0.15, 0.2) is 24.5 Å². The molecule has 1 unspecified atom stereocenters. The van der Waals surface area contributed by atoms with E-state index in [0.29, 0.717) is 30.8 Å². The predicted octanol–water partition coefficient (Wildman–Crippen LogP) is 2.01. The molecule has 1 saturated heterocycles. The van der Waals surface area contributed by atoms with E-state index >= 15 is 0 Å². The van der Waals surface area contributed by atoms with Crippen LogP contribution >= 0.6 is 0 Å². The Morgan fingerprint density at radius 3 is 3.00 bits per heavy atom. The number of aromatic amines is 1. The molecule has 1 aliphatic heterocycles. The first-order chi connectivity index (χ1) is 12.4. The summed E-state index contributed by atoms with van der Waals surface area (Å²) in [5.74, 6) is -1.06. The summed E-state index contributed by atoms with van der Waals surface area (Å²) in [7, 11) is 0. The highest BCUT2D eigenvalue weighted by atomic mass is 19.4. The Morgan fingerprint density at radius 1 is 1.35 bits per heavy atom. The second-order valence-electron chi connectivity index (χ2n) is 6.23. The number of hydrogen-bond acceptors (Lipinski definition) is 5. The fraction of sp³-hybridized carbons (Fsp3) is 0.375. The number of carbonyl (C=O) groups is 1. The molecular weight excluding hydrogens is 349 g/mol. The highest BCUT2D eigenvalue weighted by Gasteiger charge is 2.33. The summed E-state index contributed by atoms with van der Waals surface area (Å²) in [6.07, 6.45) is -0.544. The fourth-order valence-electron chi connectivity index (χ4n) is 3.31. The summed E-state index contributed by atoms with van der Waals surface area (Å²) < 4.78 is 36.9. The van der Waals surface area contributed by atoms with Gasteiger partial charge in [-0.05, 0) is 18.6 Å². The van der Waals surface area contributed by atoms with Crippen LogP contribution in [0.4, 0.5) is 18.9 Å². The van der Waals surface area contributed by atoms with Crippen molar-refractivity contribution < 1.29 is 18.0 Å². The normalized spacial score (nSPS) is 18.0. The van der Waals surface area contributed by atoms with Crippen LogP contribution in [0, 0.1) is 5.92 Å². The molecule has 3 aromatic heterocycles. The minimum absolute atomic E-state index is 0.348. The van der Waals surface area contributed by atoms with Crippen LogP contribution in [0.25, 0.3) is 22.1 Å². The quantitative estimate of drug-likeness (QED) is 0.742. The van der Waals surface area contributed by atoms with Gasteiger partial charge in [0.1, 0.15) is 6.54 Å². The third-order valence-corrected chi connectivity index (χ3v) is 4.51. The van der Waals surface area contributed by atoms with E-state index in [1.165, 1.54) is 0 Å². The van der Waals surface area contributed by atoms with Gasteiger partial charge in [0, 0.05) is 36.6 Å². The summed E-state index contributed by atoms with van der Waals surface area (Å²) in [4.78, 5) is 21.2. The first-order valence-electron chi connectivity index (χ1n) is 8.10. The lowest BCUT2D eigenvalue weighted by atomic mass is 10.1. The molecule has 1 amide bonds. The number of anilines is 1. The summed E-state index contributed by atoms with van der Waals surface area (Å²) in [5.41, 5.74) is 1.97. The molecule has 2 N–H and O–H groups in total. The topological polar surface area (TPSA) is 86.8 Å². The molecule has 0 bridgehead atoms. The van der Waals surface area contributed by atoms with Crippen molar-refractivity contribution in [3.05, 3.63) is 24.5 Å². The molecule has 1 fully saturated rings. The van der Waals surface area contributed by atoms with E-state index < -0.39 is 24.5 Å². The number of fused-ring (bicyclic) bond motifs is 3. The molecule has 0 spiro atoms. The second kappa shape index (κ2) is 6.11. The molecule has 7 nitrogen and oxygen atoms in total. The number of nitrogens with one attached hydrogen (secondary N) is 2. The minimum atomic E-state index is -4.41. The van der Waals surface area contributed by atoms with Crippen LogP contribution in [0.1, 0.15) is 6.42 Å². The monoisotopic (exact) mass is 364 g/mol. The van der Waals surface area contributed by atoms with Crippen molar-refractivity contribution in [3.8, 4) is 0 Å². The number of amides is 1. The van der Waals surface area contributed by atoms with Crippen molar-refractivity contribution in [2.75, 3.05) is 24.5 Å². The highest BCUT2D eigenvalue weighted by molar-refractivity contribution is 6.08. The molecule has 26 heavy (non-hydrogen) atoms. The van der Waals surface area contributed by atoms with Gasteiger partial charge < -0.3 is 15.2 Å². The van der Waals surface area contributed by atoms with Gasteiger partial charge in [-0.1, -0.05) is 0 Å². The number of alkyl halides is 3. The maximum Gasteiger partial charge on any atom is 0.405 e. The molecule has 1 aliphatic rings. The molecule has 10 heteroatoms. The van der Waals surface area contributed by atoms with Crippen LogP contribution in [-0.4, -0.2) is 51.9 Å². The van der Waals surface area contributed by atoms with Crippen LogP contribution in [-0.2, 0) is 4.79 Å². The Morgan fingerprint density at radius 2 is 2.19 bits per heavy atom. The predicted molar refractivity (Wildman–Crippen MR) is 88.6 cm³/mol. The smallest absolute Gasteiger partial charge is 0.370 e. The molecule has 1 atom stereocenters. The lowest BCUT2D eigenvalue weighted by Gasteiger charge is -2.20. The number of halogens is 3. The Balaban J connectivity index is 1.59. The average molecular weight is 364 g/mol. The molecule has 136 valence electrons. The SMILES string of the molecule is O=C(NCC(F)(F)F)C1CCN(c2cc[nH]c3nnc4nccc4c23)C1. The fourth-order valence-corrected chi connectivity index (χ4v) is 3.31. The summed E-state index contributed by atoms with van der Waals surface area (Å²) in [5, 5.41) is 11.8. The van der Waals surface area contributed by atoms with Crippen LogP contribution in [0.5, 0.6) is 0 Å². The molecule has 0 aliphatic carbocycles. The highest BCUT2D eigenvalue weighted by Crippen LogP contribution is 2.33. The zero-order valence-electron chi connectivity index (χ0n) is 13.5. The van der Waals surface area contributed by atoms with Crippen molar-refractivity contribution in [1.82, 2.24) is 25.5 Å². The lowest BCUT2D eigenvalue weighted by Crippen LogP contribution is -2.38. The molecule has 0 aromatic carbocycles. The van der Waals surface area contributed by atoms with Gasteiger partial charge in [-0.25, -0.2) is 4.98 Å². The van der Waals surface area contributed by atoms with Gasteiger partial charge >= 0.3 is 6.18 Å². The van der Waals surface area contributed by atoms with Gasteiger partial charge in [0.2, 0.25) is 5.91 Å². The average Bonchev–Trinajstić information content (AvgIpc) is 3.27. The number of carbonyl (C=O) groups excluding carboxylic acids is 1. The Kier molecular flexibility index (Phi) is 3.89. The second-order valence-corrected chi connectivity index (χ2v) is 6.23. The third kappa shape index (κ3) is 3.02. The van der Waals surface area contributed by atoms with Crippen LogP contribution < -0.4 is 10.2 Å². The van der Waals surface area contributed by atoms with Crippen LogP contribution in [0.3, 0.4) is 0 Å². The van der Waals surface area contributed by atoms with Gasteiger partial charge in [-0.15, -0.1) is 10.2 Å². The first-order valence-corrected chi connectivity index (χ1v) is 8.10. The van der Waals surface area contributed by atoms with E-state index in [4.69, 9.17) is 0 Å². The zero-order chi connectivity index (χ0) is 18.3. The molecule has 4 rings (SSSR count). The van der Waals surface area contributed by atoms with Gasteiger partial charge in [-0.3, -0.25) is 4.79 Å². The van der Waals surface area contributed by atoms with Gasteiger partial charge in [0.25, 0.3) is 0 Å². The minimum Gasteiger partial charge on any atom is -0.370 e. The molecule has 3 aromatic rings. The maximum absolute atomic E-state index is 12.3. The number of pyridine rings is 1. The largest absolute Gasteiger partial charge is 0.405 e. The van der Waals surface area contributed by atoms with Crippen molar-refractivity contribution in [3.63, 3.8) is 0 Å². The number of hydrogen-bond donors (Lipinski definition) is 2. The standard InChI is InChI=1S/C16H15F3N6O/c17-16(18,19)8-22-15(26)9-3-6-25(7-9)11-2-5-21-14-12(11)10-1-4-20-13(10)23-24-14/h1-2,4-5,9H,3,6-8H2,(H,21,24)(H,22,26). The molecule has 0 saturated carbocycles. The van der Waals surface area contributed by atoms with Crippen molar-refractivity contribution in [2.24, 2.45) is 5.92 Å². The van der Waals surface area contributed by atoms with Gasteiger partial charge in [0.05, 0.1) is 11.3 Å². The van der Waals surface area contributed by atoms with E-state index in [0.717, 1.165) is 16.5 Å². The number of H-pyrrole nitrogens is 1. The Labute approximate surface area is 145 Å². The van der Waals surface area contributed by atoms with Crippen molar-refractivity contribution in [1.29, 1.82) is 0 Å². The number of rotatable bonds is 3. The summed E-state index contributed by atoms with van der Waals surface area (Å²) in [6.45, 7) is -0.386. The van der Waals surface area contributed by atoms with Crippen LogP contribution in [0.2, 0.25) is 0 Å². The first kappa shape index (κ1) is 16.6. The van der Waals surface area contributed by atoms with E-state index in [2.05, 4.69) is 20.2 Å². The zero-order valence-corrected chi connectivity index (χ0v) is 13.5. The van der Waals surface area contributed by atoms with Gasteiger partial charge in [0.15, 0.2) is 11.3 Å². The molecule has 4 heterocycles. The van der Waals surface area contributed by atoms with E-state index in [1.54, 1.807) is 12.4 Å². The van der Waals surface area contributed by atoms with E-state index in [9.17, 15) is 18.0 Å². The van der Waals surface area contributed by atoms with Crippen molar-refractivity contribution in [2.45, 2.75) is 12.6 Å². The summed E-state index contributed by atoms with van der Waals surface area (Å²) in [6, 6.07) is 3.71. The Bertz CT molecular complexity index is 969. The van der Waals surface area contributed by atoms with Gasteiger partial charge in [-0.2, -0.15) is 13.2 Å². The number of aromatic nitrogens is 4. The van der Waals surface area contributed by atoms with E-state index in [-0.39, 0.29) is 0 Å². The van der Waals surface area contributed by atoms with E-state index in [1.807, 2.05) is 22.3 Å². The third-order valence-electron chi connectivity index (χ3n) is 4.51. The lowest BCUT2D eigenvalue weighted by molar-refractivity contribution is -0.140. The van der Waals surface area contributed by atoms with Crippen molar-refractivity contribution >= 4 is 33.7 Å². The number of nitrogens with zero attached hydrogens (tertiary/aromatic N) is 4. The molecular formula is C16H15F3N6O. The maximum atomic E-state index is 12.3. The summed E-state index contributed by atoms with van der Waals surface area (Å²) >= 11 is 0. The molecule has 0 radical (unpaired) electrons. The Hall–Kier alpha value is -2.91.